The van der Waals surface area contributed by atoms with E-state index in [4.69, 9.17) is 15.7 Å². The van der Waals surface area contributed by atoms with E-state index in [2.05, 4.69) is 0 Å². The third-order valence-electron chi connectivity index (χ3n) is 3.28. The summed E-state index contributed by atoms with van der Waals surface area (Å²) in [6, 6.07) is 9.65. The van der Waals surface area contributed by atoms with Crippen molar-refractivity contribution in [3.05, 3.63) is 47.3 Å². The molecule has 6 nitrogen and oxygen atoms in total. The van der Waals surface area contributed by atoms with Crippen LogP contribution in [0.15, 0.2) is 30.5 Å². The molecule has 0 saturated heterocycles. The van der Waals surface area contributed by atoms with E-state index in [0.717, 1.165) is 11.3 Å². The number of esters is 1. The Labute approximate surface area is 129 Å². The van der Waals surface area contributed by atoms with Crippen LogP contribution in [0, 0.1) is 11.3 Å². The molecule has 0 aliphatic rings. The molecule has 0 unspecified atom stereocenters. The van der Waals surface area contributed by atoms with E-state index < -0.39 is 5.97 Å². The number of aromatic nitrogens is 1. The maximum absolute atomic E-state index is 12.0. The van der Waals surface area contributed by atoms with E-state index in [1.54, 1.807) is 10.8 Å². The topological polar surface area (TPSA) is 84.3 Å². The lowest BCUT2D eigenvalue weighted by molar-refractivity contribution is 0.0593. The van der Waals surface area contributed by atoms with Gasteiger partial charge in [0.25, 0.3) is 0 Å². The summed E-state index contributed by atoms with van der Waals surface area (Å²) in [5.41, 5.74) is 8.29. The lowest BCUT2D eigenvalue weighted by atomic mass is 10.1. The Balaban J connectivity index is 2.68. The van der Waals surface area contributed by atoms with Gasteiger partial charge in [-0.05, 0) is 25.7 Å². The molecule has 0 atom stereocenters. The smallest absolute Gasteiger partial charge is 0.357 e. The number of para-hydroxylation sites is 1. The highest BCUT2D eigenvalue weighted by atomic mass is 16.5. The molecule has 2 rings (SSSR count). The number of nitrogens with zero attached hydrogens (tertiary/aromatic N) is 3. The van der Waals surface area contributed by atoms with Gasteiger partial charge in [-0.1, -0.05) is 18.2 Å². The quantitative estimate of drug-likeness (QED) is 0.870. The Morgan fingerprint density at radius 3 is 2.68 bits per heavy atom. The van der Waals surface area contributed by atoms with Gasteiger partial charge in [0, 0.05) is 12.7 Å². The third-order valence-corrected chi connectivity index (χ3v) is 3.28. The van der Waals surface area contributed by atoms with Crippen LogP contribution in [-0.2, 0) is 11.3 Å². The molecule has 114 valence electrons. The number of carbonyl (C=O) groups is 1. The predicted molar refractivity (Wildman–Crippen MR) is 83.6 cm³/mol. The van der Waals surface area contributed by atoms with Crippen LogP contribution in [0.3, 0.4) is 0 Å². The average molecular weight is 298 g/mol. The summed E-state index contributed by atoms with van der Waals surface area (Å²) in [7, 11) is 5.21. The van der Waals surface area contributed by atoms with Crippen LogP contribution in [0.25, 0.3) is 5.69 Å². The number of anilines is 1. The Morgan fingerprint density at radius 2 is 2.09 bits per heavy atom. The average Bonchev–Trinajstić information content (AvgIpc) is 2.83. The molecular weight excluding hydrogens is 280 g/mol. The summed E-state index contributed by atoms with van der Waals surface area (Å²) in [6.45, 7) is 0.691. The van der Waals surface area contributed by atoms with Crippen molar-refractivity contribution < 1.29 is 9.53 Å². The minimum Gasteiger partial charge on any atom is -0.464 e. The normalized spacial score (nSPS) is 10.5. The third kappa shape index (κ3) is 2.80. The van der Waals surface area contributed by atoms with Crippen LogP contribution in [0.2, 0.25) is 0 Å². The molecule has 0 spiro atoms. The van der Waals surface area contributed by atoms with Crippen molar-refractivity contribution >= 4 is 11.7 Å². The van der Waals surface area contributed by atoms with Crippen LogP contribution in [-0.4, -0.2) is 36.6 Å². The second-order valence-electron chi connectivity index (χ2n) is 5.14. The lowest BCUT2D eigenvalue weighted by Gasteiger charge is -2.16. The van der Waals surface area contributed by atoms with Crippen molar-refractivity contribution in [2.24, 2.45) is 0 Å². The number of hydrogen-bond donors (Lipinski definition) is 1. The van der Waals surface area contributed by atoms with E-state index in [0.29, 0.717) is 6.54 Å². The van der Waals surface area contributed by atoms with Crippen molar-refractivity contribution in [1.29, 1.82) is 5.26 Å². The first-order chi connectivity index (χ1) is 10.5. The van der Waals surface area contributed by atoms with Gasteiger partial charge >= 0.3 is 5.97 Å². The molecule has 0 bridgehead atoms. The van der Waals surface area contributed by atoms with Crippen molar-refractivity contribution in [1.82, 2.24) is 9.47 Å². The predicted octanol–water partition coefficient (Wildman–Crippen LogP) is 1.78. The van der Waals surface area contributed by atoms with Gasteiger partial charge in [-0.2, -0.15) is 5.26 Å². The molecule has 6 heteroatoms. The first-order valence-electron chi connectivity index (χ1n) is 6.71. The molecule has 1 aromatic heterocycles. The molecule has 2 N–H and O–H groups in total. The molecule has 2 aromatic rings. The fourth-order valence-electron chi connectivity index (χ4n) is 2.32. The van der Waals surface area contributed by atoms with Crippen LogP contribution in [0.1, 0.15) is 21.6 Å². The molecule has 0 radical (unpaired) electrons. The highest BCUT2D eigenvalue weighted by Crippen LogP contribution is 2.26. The molecular formula is C16H18N4O2. The highest BCUT2D eigenvalue weighted by Gasteiger charge is 2.22. The zero-order valence-electron chi connectivity index (χ0n) is 12.8. The SMILES string of the molecule is COC(=O)c1c(N)c(C#N)cn1-c1ccccc1CN(C)C. The largest absolute Gasteiger partial charge is 0.464 e. The van der Waals surface area contributed by atoms with Crippen LogP contribution < -0.4 is 5.73 Å². The number of carbonyl (C=O) groups excluding carboxylic acids is 1. The van der Waals surface area contributed by atoms with Gasteiger partial charge in [0.15, 0.2) is 5.69 Å². The highest BCUT2D eigenvalue weighted by molar-refractivity contribution is 5.96. The van der Waals surface area contributed by atoms with Gasteiger partial charge in [0.05, 0.1) is 24.0 Å². The summed E-state index contributed by atoms with van der Waals surface area (Å²) in [4.78, 5) is 14.1. The number of hydrogen-bond acceptors (Lipinski definition) is 5. The van der Waals surface area contributed by atoms with Gasteiger partial charge in [-0.3, -0.25) is 0 Å². The zero-order valence-corrected chi connectivity index (χ0v) is 12.8. The molecule has 0 aliphatic carbocycles. The standard InChI is InChI=1S/C16H18N4O2/c1-19(2)9-11-6-4-5-7-13(11)20-10-12(8-17)14(18)15(20)16(21)22-3/h4-7,10H,9,18H2,1-3H3. The second-order valence-corrected chi connectivity index (χ2v) is 5.14. The number of nitriles is 1. The monoisotopic (exact) mass is 298 g/mol. The fraction of sp³-hybridized carbons (Fsp3) is 0.250. The molecule has 0 amide bonds. The Hall–Kier alpha value is -2.78. The zero-order chi connectivity index (χ0) is 16.3. The van der Waals surface area contributed by atoms with Crippen LogP contribution >= 0.6 is 0 Å². The van der Waals surface area contributed by atoms with Gasteiger partial charge in [-0.25, -0.2) is 4.79 Å². The number of methoxy groups -OCH3 is 1. The van der Waals surface area contributed by atoms with Crippen molar-refractivity contribution in [3.8, 4) is 11.8 Å². The Kier molecular flexibility index (Phi) is 4.49. The summed E-state index contributed by atoms with van der Waals surface area (Å²) < 4.78 is 6.42. The lowest BCUT2D eigenvalue weighted by Crippen LogP contribution is -2.15. The maximum Gasteiger partial charge on any atom is 0.357 e. The fourth-order valence-corrected chi connectivity index (χ4v) is 2.32. The van der Waals surface area contributed by atoms with Gasteiger partial charge < -0.3 is 19.9 Å². The molecule has 0 fully saturated rings. The summed E-state index contributed by atoms with van der Waals surface area (Å²) >= 11 is 0. The van der Waals surface area contributed by atoms with Crippen molar-refractivity contribution in [2.75, 3.05) is 26.9 Å². The number of rotatable bonds is 4. The van der Waals surface area contributed by atoms with Crippen molar-refractivity contribution in [3.63, 3.8) is 0 Å². The Bertz CT molecular complexity index is 741. The summed E-state index contributed by atoms with van der Waals surface area (Å²) in [5.74, 6) is -0.571. The van der Waals surface area contributed by atoms with E-state index >= 15 is 0 Å². The minimum atomic E-state index is -0.571. The van der Waals surface area contributed by atoms with E-state index in [1.165, 1.54) is 7.11 Å². The second kappa shape index (κ2) is 6.33. The maximum atomic E-state index is 12.0. The van der Waals surface area contributed by atoms with E-state index in [-0.39, 0.29) is 16.9 Å². The summed E-state index contributed by atoms with van der Waals surface area (Å²) in [6.07, 6.45) is 1.57. The molecule has 0 saturated carbocycles. The van der Waals surface area contributed by atoms with Gasteiger partial charge in [0.1, 0.15) is 6.07 Å². The number of benzene rings is 1. The number of ether oxygens (including phenoxy) is 1. The minimum absolute atomic E-state index is 0.133. The van der Waals surface area contributed by atoms with Gasteiger partial charge in [-0.15, -0.1) is 0 Å². The molecule has 1 aromatic carbocycles. The molecule has 1 heterocycles. The number of nitrogens with two attached hydrogens (primary N) is 1. The van der Waals surface area contributed by atoms with Crippen LogP contribution in [0.5, 0.6) is 0 Å². The Morgan fingerprint density at radius 1 is 1.41 bits per heavy atom. The molecule has 22 heavy (non-hydrogen) atoms. The van der Waals surface area contributed by atoms with E-state index in [1.807, 2.05) is 49.3 Å². The first-order valence-corrected chi connectivity index (χ1v) is 6.71. The number of nitrogen functional groups attached to an aromatic ring is 1. The van der Waals surface area contributed by atoms with E-state index in [9.17, 15) is 4.79 Å². The molecule has 0 aliphatic heterocycles. The van der Waals surface area contributed by atoms with Crippen LogP contribution in [0.4, 0.5) is 5.69 Å². The van der Waals surface area contributed by atoms with Crippen molar-refractivity contribution in [2.45, 2.75) is 6.54 Å². The summed E-state index contributed by atoms with van der Waals surface area (Å²) in [5, 5.41) is 9.17. The first kappa shape index (κ1) is 15.6. The van der Waals surface area contributed by atoms with Gasteiger partial charge in [0.2, 0.25) is 0 Å².